The maximum atomic E-state index is 11.2. The second-order valence-electron chi connectivity index (χ2n) is 3.35. The molecule has 0 saturated carbocycles. The van der Waals surface area contributed by atoms with Crippen LogP contribution < -0.4 is 16.6 Å². The number of carboxylic acid groups (broad SMARTS) is 1. The molecule has 0 saturated heterocycles. The third-order valence-corrected chi connectivity index (χ3v) is 3.01. The third-order valence-electron chi connectivity index (χ3n) is 1.91. The number of anilines is 1. The highest BCUT2D eigenvalue weighted by Gasteiger charge is 2.19. The number of nitrogens with zero attached hydrogens (tertiary/aromatic N) is 1. The van der Waals surface area contributed by atoms with Gasteiger partial charge in [0.25, 0.3) is 5.56 Å². The van der Waals surface area contributed by atoms with Crippen LogP contribution in [-0.4, -0.2) is 38.7 Å². The van der Waals surface area contributed by atoms with Crippen LogP contribution in [0.5, 0.6) is 0 Å². The van der Waals surface area contributed by atoms with Gasteiger partial charge in [0, 0.05) is 12.7 Å². The average Bonchev–Trinajstić information content (AvgIpc) is 2.28. The molecule has 9 heteroatoms. The number of H-pyrrole nitrogens is 1. The van der Waals surface area contributed by atoms with Crippen LogP contribution >= 0.6 is 11.8 Å². The first kappa shape index (κ1) is 14.0. The summed E-state index contributed by atoms with van der Waals surface area (Å²) in [6.45, 7) is 1.22. The van der Waals surface area contributed by atoms with Gasteiger partial charge in [0.1, 0.15) is 16.8 Å². The van der Waals surface area contributed by atoms with Crippen LogP contribution in [0, 0.1) is 0 Å². The highest BCUT2D eigenvalue weighted by atomic mass is 32.2. The van der Waals surface area contributed by atoms with Crippen molar-refractivity contribution in [3.05, 3.63) is 16.7 Å². The van der Waals surface area contributed by atoms with Crippen LogP contribution in [0.4, 0.5) is 5.69 Å². The molecule has 0 aliphatic heterocycles. The molecule has 1 atom stereocenters. The molecular formula is C9H12N4O4S. The Labute approximate surface area is 106 Å². The lowest BCUT2D eigenvalue weighted by atomic mass is 10.3. The Morgan fingerprint density at radius 1 is 1.67 bits per heavy atom. The number of rotatable bonds is 5. The summed E-state index contributed by atoms with van der Waals surface area (Å²) < 4.78 is 0. The Balaban J connectivity index is 2.73. The highest BCUT2D eigenvalue weighted by Crippen LogP contribution is 2.19. The van der Waals surface area contributed by atoms with Gasteiger partial charge in [0.15, 0.2) is 0 Å². The van der Waals surface area contributed by atoms with Gasteiger partial charge in [-0.2, -0.15) is 0 Å². The van der Waals surface area contributed by atoms with E-state index in [0.717, 1.165) is 11.8 Å². The summed E-state index contributed by atoms with van der Waals surface area (Å²) in [7, 11) is 0. The Morgan fingerprint density at radius 3 is 2.89 bits per heavy atom. The van der Waals surface area contributed by atoms with Crippen LogP contribution in [-0.2, 0) is 9.59 Å². The minimum atomic E-state index is -1.17. The van der Waals surface area contributed by atoms with E-state index in [4.69, 9.17) is 10.8 Å². The molecule has 1 aromatic rings. The van der Waals surface area contributed by atoms with Crippen molar-refractivity contribution in [2.24, 2.45) is 0 Å². The van der Waals surface area contributed by atoms with Gasteiger partial charge in [-0.3, -0.25) is 9.59 Å². The number of aliphatic carboxylic acids is 1. The van der Waals surface area contributed by atoms with E-state index >= 15 is 0 Å². The van der Waals surface area contributed by atoms with Crippen molar-refractivity contribution < 1.29 is 14.7 Å². The van der Waals surface area contributed by atoms with Crippen molar-refractivity contribution in [2.45, 2.75) is 18.0 Å². The number of nitrogen functional groups attached to an aromatic ring is 1. The number of hydrogen-bond acceptors (Lipinski definition) is 6. The molecule has 0 aliphatic carbocycles. The van der Waals surface area contributed by atoms with Gasteiger partial charge in [-0.15, -0.1) is 11.8 Å². The lowest BCUT2D eigenvalue weighted by Crippen LogP contribution is -2.41. The maximum absolute atomic E-state index is 11.2. The molecule has 1 rings (SSSR count). The number of carboxylic acids is 1. The van der Waals surface area contributed by atoms with E-state index in [-0.39, 0.29) is 16.5 Å². The van der Waals surface area contributed by atoms with Crippen LogP contribution in [0.25, 0.3) is 0 Å². The number of nitrogens with two attached hydrogens (primary N) is 1. The Kier molecular flexibility index (Phi) is 4.72. The van der Waals surface area contributed by atoms with Crippen molar-refractivity contribution in [1.82, 2.24) is 15.3 Å². The van der Waals surface area contributed by atoms with E-state index in [1.54, 1.807) is 0 Å². The fourth-order valence-corrected chi connectivity index (χ4v) is 2.02. The van der Waals surface area contributed by atoms with Gasteiger partial charge < -0.3 is 21.1 Å². The van der Waals surface area contributed by atoms with Crippen molar-refractivity contribution >= 4 is 29.3 Å². The summed E-state index contributed by atoms with van der Waals surface area (Å²) in [4.78, 5) is 39.0. The van der Waals surface area contributed by atoms with Crippen LogP contribution in [0.1, 0.15) is 6.92 Å². The lowest BCUT2D eigenvalue weighted by Gasteiger charge is -2.12. The minimum Gasteiger partial charge on any atom is -0.480 e. The van der Waals surface area contributed by atoms with Gasteiger partial charge in [-0.25, -0.2) is 9.78 Å². The number of aromatic nitrogens is 2. The molecule has 98 valence electrons. The smallest absolute Gasteiger partial charge is 0.327 e. The Bertz CT molecular complexity index is 516. The first-order valence-corrected chi connectivity index (χ1v) is 5.86. The molecule has 0 bridgehead atoms. The molecule has 8 nitrogen and oxygen atoms in total. The van der Waals surface area contributed by atoms with Crippen molar-refractivity contribution in [2.75, 3.05) is 11.5 Å². The molecule has 0 aromatic carbocycles. The first-order valence-electron chi connectivity index (χ1n) is 4.87. The fourth-order valence-electron chi connectivity index (χ4n) is 1.09. The van der Waals surface area contributed by atoms with E-state index in [0.29, 0.717) is 0 Å². The van der Waals surface area contributed by atoms with E-state index in [2.05, 4.69) is 15.3 Å². The number of nitrogens with one attached hydrogen (secondary N) is 2. The third kappa shape index (κ3) is 3.77. The van der Waals surface area contributed by atoms with Gasteiger partial charge in [-0.1, -0.05) is 0 Å². The predicted octanol–water partition coefficient (Wildman–Crippen LogP) is -0.966. The molecule has 0 fully saturated rings. The minimum absolute atomic E-state index is 0.0234. The van der Waals surface area contributed by atoms with Crippen LogP contribution in [0.3, 0.4) is 0 Å². The molecule has 0 radical (unpaired) electrons. The molecule has 0 unspecified atom stereocenters. The second kappa shape index (κ2) is 6.05. The number of aromatic amines is 1. The average molecular weight is 272 g/mol. The highest BCUT2D eigenvalue weighted by molar-refractivity contribution is 7.99. The summed E-state index contributed by atoms with van der Waals surface area (Å²) in [5.41, 5.74) is 4.92. The number of carbonyl (C=O) groups excluding carboxylic acids is 1. The Hall–Kier alpha value is -2.03. The van der Waals surface area contributed by atoms with Crippen LogP contribution in [0.2, 0.25) is 0 Å². The predicted molar refractivity (Wildman–Crippen MR) is 65.2 cm³/mol. The Morgan fingerprint density at radius 2 is 2.33 bits per heavy atom. The largest absolute Gasteiger partial charge is 0.480 e. The molecule has 0 aliphatic rings. The van der Waals surface area contributed by atoms with Crippen LogP contribution in [0.15, 0.2) is 16.1 Å². The standard InChI is InChI=1S/C9H12N4O4S/c1-4(14)13-5(9(16)17)2-18-8-6(10)7(15)11-3-12-8/h3,5H,2,10H2,1H3,(H,13,14)(H,16,17)(H,11,12,15)/t5-/m0/s1. The fraction of sp³-hybridized carbons (Fsp3) is 0.333. The SMILES string of the molecule is CC(=O)N[C@@H](CSc1nc[nH]c(=O)c1N)C(=O)O. The zero-order valence-corrected chi connectivity index (χ0v) is 10.3. The zero-order valence-electron chi connectivity index (χ0n) is 9.47. The molecule has 5 N–H and O–H groups in total. The van der Waals surface area contributed by atoms with E-state index < -0.39 is 23.5 Å². The normalized spacial score (nSPS) is 11.8. The second-order valence-corrected chi connectivity index (χ2v) is 4.36. The summed E-state index contributed by atoms with van der Waals surface area (Å²) in [6, 6.07) is -1.06. The summed E-state index contributed by atoms with van der Waals surface area (Å²) >= 11 is 0.988. The van der Waals surface area contributed by atoms with E-state index in [9.17, 15) is 14.4 Å². The molecular weight excluding hydrogens is 260 g/mol. The van der Waals surface area contributed by atoms with E-state index in [1.165, 1.54) is 13.3 Å². The van der Waals surface area contributed by atoms with Gasteiger partial charge in [-0.05, 0) is 0 Å². The monoisotopic (exact) mass is 272 g/mol. The number of thioether (sulfide) groups is 1. The molecule has 1 amide bonds. The van der Waals surface area contributed by atoms with Gasteiger partial charge in [0.05, 0.1) is 6.33 Å². The molecule has 1 heterocycles. The first-order chi connectivity index (χ1) is 8.41. The van der Waals surface area contributed by atoms with Gasteiger partial charge >= 0.3 is 5.97 Å². The summed E-state index contributed by atoms with van der Waals surface area (Å²) in [5, 5.41) is 11.4. The number of amides is 1. The molecule has 18 heavy (non-hydrogen) atoms. The number of hydrogen-bond donors (Lipinski definition) is 4. The molecule has 1 aromatic heterocycles. The molecule has 0 spiro atoms. The summed E-state index contributed by atoms with van der Waals surface area (Å²) in [6.07, 6.45) is 1.18. The van der Waals surface area contributed by atoms with Crippen molar-refractivity contribution in [1.29, 1.82) is 0 Å². The topological polar surface area (TPSA) is 138 Å². The zero-order chi connectivity index (χ0) is 13.7. The maximum Gasteiger partial charge on any atom is 0.327 e. The summed E-state index contributed by atoms with van der Waals surface area (Å²) in [5.74, 6) is -1.59. The van der Waals surface area contributed by atoms with Crippen molar-refractivity contribution in [3.8, 4) is 0 Å². The quantitative estimate of drug-likeness (QED) is 0.399. The lowest BCUT2D eigenvalue weighted by molar-refractivity contribution is -0.140. The van der Waals surface area contributed by atoms with E-state index in [1.807, 2.05) is 0 Å². The van der Waals surface area contributed by atoms with Gasteiger partial charge in [0.2, 0.25) is 5.91 Å². The number of carbonyl (C=O) groups is 2. The van der Waals surface area contributed by atoms with Crippen molar-refractivity contribution in [3.63, 3.8) is 0 Å².